The van der Waals surface area contributed by atoms with Gasteiger partial charge in [-0.3, -0.25) is 4.79 Å². The molecule has 0 amide bonds. The van der Waals surface area contributed by atoms with Crippen LogP contribution in [-0.4, -0.2) is 20.2 Å². The molecule has 19 heavy (non-hydrogen) atoms. The van der Waals surface area contributed by atoms with Crippen LogP contribution in [0.1, 0.15) is 36.0 Å². The first-order valence-corrected chi connectivity index (χ1v) is 7.25. The molecular weight excluding hydrogens is 303 g/mol. The average molecular weight is 321 g/mol. The molecule has 0 unspecified atom stereocenters. The van der Waals surface area contributed by atoms with Gasteiger partial charge in [-0.25, -0.2) is 0 Å². The van der Waals surface area contributed by atoms with Crippen LogP contribution in [0, 0.1) is 0 Å². The van der Waals surface area contributed by atoms with E-state index in [1.807, 2.05) is 18.2 Å². The minimum absolute atomic E-state index is 0.00265. The van der Waals surface area contributed by atoms with Gasteiger partial charge in [0, 0.05) is 4.47 Å². The number of ether oxygens (including phenoxy) is 1. The van der Waals surface area contributed by atoms with E-state index in [9.17, 15) is 4.79 Å². The minimum atomic E-state index is -0.103. The molecule has 0 fully saturated rings. The Balaban J connectivity index is 2.53. The summed E-state index contributed by atoms with van der Waals surface area (Å²) in [5.74, 6) is 0.503. The zero-order valence-corrected chi connectivity index (χ0v) is 12.6. The first kappa shape index (κ1) is 16.0. The molecule has 0 aliphatic heterocycles. The van der Waals surface area contributed by atoms with E-state index in [0.717, 1.165) is 30.2 Å². The summed E-state index contributed by atoms with van der Waals surface area (Å²) in [6, 6.07) is 5.37. The number of ketones is 1. The van der Waals surface area contributed by atoms with Gasteiger partial charge in [0.25, 0.3) is 0 Å². The number of allylic oxidation sites excluding steroid dienone is 1. The lowest BCUT2D eigenvalue weighted by Crippen LogP contribution is -2.05. The predicted molar refractivity (Wildman–Crippen MR) is 83.2 cm³/mol. The second kappa shape index (κ2) is 8.97. The molecule has 0 bridgehead atoms. The molecule has 0 heterocycles. The van der Waals surface area contributed by atoms with Crippen LogP contribution in [0.15, 0.2) is 35.3 Å². The van der Waals surface area contributed by atoms with Gasteiger partial charge in [0.05, 0.1) is 20.0 Å². The zero-order valence-electron chi connectivity index (χ0n) is 11.0. The fraction of sp³-hybridized carbons (Fsp3) is 0.400. The maximum Gasteiger partial charge on any atom is 0.158 e. The number of carbonyl (C=O) groups excluding carboxylic acids is 1. The van der Waals surface area contributed by atoms with Crippen molar-refractivity contribution in [3.05, 3.63) is 40.9 Å². The van der Waals surface area contributed by atoms with Crippen LogP contribution in [-0.2, 0) is 0 Å². The molecule has 100 valence electrons. The number of benzene rings is 1. The summed E-state index contributed by atoms with van der Waals surface area (Å²) in [6.07, 6.45) is 6.15. The van der Waals surface area contributed by atoms with E-state index < -0.39 is 0 Å². The summed E-state index contributed by atoms with van der Waals surface area (Å²) in [5, 5.41) is 0. The van der Waals surface area contributed by atoms with Crippen molar-refractivity contribution in [1.82, 2.24) is 0 Å². The first-order chi connectivity index (χ1) is 9.19. The number of rotatable bonds is 9. The highest BCUT2D eigenvalue weighted by Gasteiger charge is 2.10. The average Bonchev–Trinajstić information content (AvgIpc) is 2.42. The second-order valence-corrected chi connectivity index (χ2v) is 5.17. The van der Waals surface area contributed by atoms with Crippen molar-refractivity contribution in [2.75, 3.05) is 6.61 Å². The summed E-state index contributed by atoms with van der Waals surface area (Å²) in [4.78, 5) is 11.7. The molecule has 0 aliphatic carbocycles. The van der Waals surface area contributed by atoms with Gasteiger partial charge in [0.2, 0.25) is 0 Å². The molecule has 1 aromatic carbocycles. The van der Waals surface area contributed by atoms with E-state index in [1.54, 1.807) is 6.07 Å². The van der Waals surface area contributed by atoms with Crippen molar-refractivity contribution in [1.29, 1.82) is 0 Å². The lowest BCUT2D eigenvalue weighted by Gasteiger charge is -2.11. The molecular formula is C15H18BBrO2. The molecule has 0 saturated carbocycles. The Hall–Kier alpha value is -1.03. The Morgan fingerprint density at radius 3 is 2.84 bits per heavy atom. The second-order valence-electron chi connectivity index (χ2n) is 4.25. The van der Waals surface area contributed by atoms with Crippen LogP contribution in [0.5, 0.6) is 5.75 Å². The lowest BCUT2D eigenvalue weighted by molar-refractivity contribution is 0.101. The van der Waals surface area contributed by atoms with E-state index in [2.05, 4.69) is 22.5 Å². The van der Waals surface area contributed by atoms with E-state index in [4.69, 9.17) is 12.6 Å². The molecule has 2 nitrogen and oxygen atoms in total. The molecule has 2 radical (unpaired) electrons. The fourth-order valence-electron chi connectivity index (χ4n) is 1.71. The zero-order chi connectivity index (χ0) is 14.1. The smallest absolute Gasteiger partial charge is 0.158 e. The highest BCUT2D eigenvalue weighted by molar-refractivity contribution is 9.10. The standard InChI is InChI=1S/C15H18BBrO2/c1-2-3-4-5-6-9-19-15-10-12(17)7-8-13(15)14(18)11-16/h2,7-8,10H,1,3-6,9,11H2. The number of unbranched alkanes of at least 4 members (excludes halogenated alkanes) is 3. The van der Waals surface area contributed by atoms with E-state index in [0.29, 0.717) is 17.9 Å². The highest BCUT2D eigenvalue weighted by Crippen LogP contribution is 2.25. The van der Waals surface area contributed by atoms with Crippen LogP contribution in [0.4, 0.5) is 0 Å². The third kappa shape index (κ3) is 5.64. The molecule has 0 atom stereocenters. The van der Waals surface area contributed by atoms with Crippen molar-refractivity contribution < 1.29 is 9.53 Å². The predicted octanol–water partition coefficient (Wildman–Crippen LogP) is 4.34. The highest BCUT2D eigenvalue weighted by atomic mass is 79.9. The van der Waals surface area contributed by atoms with E-state index >= 15 is 0 Å². The lowest BCUT2D eigenvalue weighted by atomic mass is 9.95. The minimum Gasteiger partial charge on any atom is -0.493 e. The number of carbonyl (C=O) groups is 1. The number of hydrogen-bond donors (Lipinski definition) is 0. The Morgan fingerprint density at radius 1 is 1.37 bits per heavy atom. The molecule has 1 rings (SSSR count). The third-order valence-corrected chi connectivity index (χ3v) is 3.23. The Kier molecular flexibility index (Phi) is 7.57. The fourth-order valence-corrected chi connectivity index (χ4v) is 2.05. The van der Waals surface area contributed by atoms with Crippen molar-refractivity contribution in [3.8, 4) is 5.75 Å². The van der Waals surface area contributed by atoms with Crippen molar-refractivity contribution in [2.45, 2.75) is 32.0 Å². The van der Waals surface area contributed by atoms with Crippen molar-refractivity contribution in [3.63, 3.8) is 0 Å². The quantitative estimate of drug-likeness (QED) is 0.293. The van der Waals surface area contributed by atoms with Gasteiger partial charge in [-0.05, 0) is 50.2 Å². The van der Waals surface area contributed by atoms with Crippen LogP contribution >= 0.6 is 15.9 Å². The SMILES string of the molecule is [B]CC(=O)c1ccc(Br)cc1OCCCCCC=C. The van der Waals surface area contributed by atoms with Crippen LogP contribution < -0.4 is 4.74 Å². The molecule has 4 heteroatoms. The van der Waals surface area contributed by atoms with Crippen molar-refractivity contribution in [2.24, 2.45) is 0 Å². The number of Topliss-reactive ketones (excluding diaryl/α,β-unsaturated/α-hetero) is 1. The summed E-state index contributed by atoms with van der Waals surface area (Å²) in [5.41, 5.74) is 0.553. The summed E-state index contributed by atoms with van der Waals surface area (Å²) in [6.45, 7) is 4.30. The maximum absolute atomic E-state index is 11.7. The Morgan fingerprint density at radius 2 is 2.16 bits per heavy atom. The molecule has 0 N–H and O–H groups in total. The first-order valence-electron chi connectivity index (χ1n) is 6.45. The molecule has 0 aliphatic rings. The van der Waals surface area contributed by atoms with Crippen molar-refractivity contribution >= 4 is 29.6 Å². The van der Waals surface area contributed by atoms with Gasteiger partial charge in [-0.2, -0.15) is 0 Å². The Bertz CT molecular complexity index is 432. The van der Waals surface area contributed by atoms with Crippen LogP contribution in [0.25, 0.3) is 0 Å². The summed E-state index contributed by atoms with van der Waals surface area (Å²) >= 11 is 3.38. The van der Waals surface area contributed by atoms with Gasteiger partial charge in [-0.1, -0.05) is 22.0 Å². The van der Waals surface area contributed by atoms with Crippen LogP contribution in [0.2, 0.25) is 6.32 Å². The number of halogens is 1. The monoisotopic (exact) mass is 320 g/mol. The molecule has 0 spiro atoms. The van der Waals surface area contributed by atoms with Gasteiger partial charge in [-0.15, -0.1) is 6.58 Å². The summed E-state index contributed by atoms with van der Waals surface area (Å²) in [7, 11) is 5.39. The number of hydrogen-bond acceptors (Lipinski definition) is 2. The summed E-state index contributed by atoms with van der Waals surface area (Å²) < 4.78 is 6.58. The Labute approximate surface area is 124 Å². The largest absolute Gasteiger partial charge is 0.493 e. The normalized spacial score (nSPS) is 10.2. The van der Waals surface area contributed by atoms with Gasteiger partial charge in [0.1, 0.15) is 5.75 Å². The molecule has 0 saturated heterocycles. The molecule has 1 aromatic rings. The third-order valence-electron chi connectivity index (χ3n) is 2.74. The van der Waals surface area contributed by atoms with Crippen LogP contribution in [0.3, 0.4) is 0 Å². The van der Waals surface area contributed by atoms with Gasteiger partial charge >= 0.3 is 0 Å². The topological polar surface area (TPSA) is 26.3 Å². The van der Waals surface area contributed by atoms with E-state index in [-0.39, 0.29) is 12.1 Å². The van der Waals surface area contributed by atoms with Gasteiger partial charge < -0.3 is 4.74 Å². The van der Waals surface area contributed by atoms with E-state index in [1.165, 1.54) is 0 Å². The maximum atomic E-state index is 11.7. The molecule has 0 aromatic heterocycles. The van der Waals surface area contributed by atoms with Gasteiger partial charge in [0.15, 0.2) is 5.78 Å².